The van der Waals surface area contributed by atoms with Gasteiger partial charge in [-0.1, -0.05) is 35.4 Å². The van der Waals surface area contributed by atoms with Crippen molar-refractivity contribution in [2.24, 2.45) is 22.9 Å². The molecule has 1 aromatic carbocycles. The van der Waals surface area contributed by atoms with Gasteiger partial charge in [0.2, 0.25) is 0 Å². The fourth-order valence-corrected chi connectivity index (χ4v) is 3.29. The fraction of sp³-hybridized carbons (Fsp3) is 0.533. The Kier molecular flexibility index (Phi) is 3.97. The first-order valence-electron chi connectivity index (χ1n) is 7.26. The predicted octanol–water partition coefficient (Wildman–Crippen LogP) is 3.20. The van der Waals surface area contributed by atoms with Crippen LogP contribution in [0.2, 0.25) is 0 Å². The van der Waals surface area contributed by atoms with E-state index >= 15 is 0 Å². The number of hydrogen-bond acceptors (Lipinski definition) is 3. The van der Waals surface area contributed by atoms with Gasteiger partial charge in [0.05, 0.1) is 0 Å². The molecule has 0 aromatic heterocycles. The maximum Gasteiger partial charge on any atom is 0.410 e. The second kappa shape index (κ2) is 6.06. The Labute approximate surface area is 123 Å². The summed E-state index contributed by atoms with van der Waals surface area (Å²) in [6.07, 6.45) is 0.714. The first-order chi connectivity index (χ1) is 10.3. The van der Waals surface area contributed by atoms with E-state index in [-0.39, 0.29) is 6.09 Å². The van der Waals surface area contributed by atoms with Crippen LogP contribution in [0, 0.1) is 17.8 Å². The molecular formula is C15H18N4O2. The minimum absolute atomic E-state index is 0.222. The van der Waals surface area contributed by atoms with Crippen LogP contribution in [0.1, 0.15) is 12.0 Å². The van der Waals surface area contributed by atoms with Gasteiger partial charge in [-0.15, -0.1) is 0 Å². The average molecular weight is 286 g/mol. The second-order valence-corrected chi connectivity index (χ2v) is 5.68. The van der Waals surface area contributed by atoms with Gasteiger partial charge < -0.3 is 9.64 Å². The summed E-state index contributed by atoms with van der Waals surface area (Å²) in [5.74, 6) is 1.76. The van der Waals surface area contributed by atoms with Crippen LogP contribution in [0.3, 0.4) is 0 Å². The first-order valence-corrected chi connectivity index (χ1v) is 7.26. The largest absolute Gasteiger partial charge is 0.445 e. The van der Waals surface area contributed by atoms with Crippen molar-refractivity contribution < 1.29 is 9.53 Å². The summed E-state index contributed by atoms with van der Waals surface area (Å²) in [5, 5.41) is 3.57. The van der Waals surface area contributed by atoms with Crippen molar-refractivity contribution in [3.63, 3.8) is 0 Å². The Morgan fingerprint density at radius 2 is 2.05 bits per heavy atom. The molecule has 2 unspecified atom stereocenters. The normalized spacial score (nSPS) is 25.9. The Morgan fingerprint density at radius 1 is 1.33 bits per heavy atom. The van der Waals surface area contributed by atoms with E-state index in [4.69, 9.17) is 10.3 Å². The van der Waals surface area contributed by atoms with Gasteiger partial charge in [0.1, 0.15) is 6.61 Å². The van der Waals surface area contributed by atoms with Crippen LogP contribution in [-0.4, -0.2) is 30.6 Å². The van der Waals surface area contributed by atoms with Crippen molar-refractivity contribution in [1.82, 2.24) is 4.90 Å². The molecule has 3 rings (SSSR count). The van der Waals surface area contributed by atoms with Gasteiger partial charge in [-0.3, -0.25) is 0 Å². The number of nitrogens with zero attached hydrogens (tertiary/aromatic N) is 4. The number of carbonyl (C=O) groups excluding carboxylic acids is 1. The number of piperidine rings is 1. The van der Waals surface area contributed by atoms with Crippen LogP contribution in [-0.2, 0) is 11.3 Å². The zero-order valence-electron chi connectivity index (χ0n) is 11.8. The predicted molar refractivity (Wildman–Crippen MR) is 77.3 cm³/mol. The van der Waals surface area contributed by atoms with E-state index in [1.165, 1.54) is 0 Å². The third kappa shape index (κ3) is 3.11. The van der Waals surface area contributed by atoms with Crippen molar-refractivity contribution in [2.75, 3.05) is 19.6 Å². The van der Waals surface area contributed by atoms with Crippen molar-refractivity contribution in [1.29, 1.82) is 0 Å². The van der Waals surface area contributed by atoms with E-state index < -0.39 is 0 Å². The lowest BCUT2D eigenvalue weighted by atomic mass is 10.2. The van der Waals surface area contributed by atoms with Gasteiger partial charge in [-0.05, 0) is 35.3 Å². The molecule has 1 saturated carbocycles. The molecule has 6 nitrogen and oxygen atoms in total. The second-order valence-electron chi connectivity index (χ2n) is 5.68. The number of likely N-dealkylation sites (tertiary alicyclic amines) is 1. The molecule has 6 heteroatoms. The van der Waals surface area contributed by atoms with Gasteiger partial charge in [0, 0.05) is 24.5 Å². The third-order valence-electron chi connectivity index (χ3n) is 4.46. The average Bonchev–Trinajstić information content (AvgIpc) is 2.96. The SMILES string of the molecule is [N-]=[N+]=NCCC1C2CN(C(=O)OCc3ccccc3)CC12. The minimum Gasteiger partial charge on any atom is -0.445 e. The van der Waals surface area contributed by atoms with Crippen LogP contribution < -0.4 is 0 Å². The number of rotatable bonds is 5. The lowest BCUT2D eigenvalue weighted by Crippen LogP contribution is -2.32. The summed E-state index contributed by atoms with van der Waals surface area (Å²) in [7, 11) is 0. The molecule has 1 aliphatic heterocycles. The van der Waals surface area contributed by atoms with E-state index in [9.17, 15) is 4.79 Å². The number of azide groups is 1. The fourth-order valence-electron chi connectivity index (χ4n) is 3.29. The number of carbonyl (C=O) groups is 1. The molecule has 110 valence electrons. The maximum atomic E-state index is 12.0. The number of fused-ring (bicyclic) bond motifs is 1. The Bertz CT molecular complexity index is 544. The summed E-state index contributed by atoms with van der Waals surface area (Å²) < 4.78 is 5.34. The smallest absolute Gasteiger partial charge is 0.410 e. The van der Waals surface area contributed by atoms with Gasteiger partial charge in [-0.25, -0.2) is 4.79 Å². The number of hydrogen-bond donors (Lipinski definition) is 0. The molecule has 0 N–H and O–H groups in total. The molecule has 0 bridgehead atoms. The van der Waals surface area contributed by atoms with Crippen LogP contribution in [0.25, 0.3) is 10.4 Å². The molecule has 0 radical (unpaired) electrons. The van der Waals surface area contributed by atoms with Crippen molar-refractivity contribution in [2.45, 2.75) is 13.0 Å². The lowest BCUT2D eigenvalue weighted by molar-refractivity contribution is 0.0985. The maximum absolute atomic E-state index is 12.0. The summed E-state index contributed by atoms with van der Waals surface area (Å²) in [4.78, 5) is 16.5. The Balaban J connectivity index is 1.40. The molecule has 2 aliphatic rings. The van der Waals surface area contributed by atoms with Crippen molar-refractivity contribution in [3.8, 4) is 0 Å². The lowest BCUT2D eigenvalue weighted by Gasteiger charge is -2.19. The molecule has 1 aromatic rings. The number of benzene rings is 1. The van der Waals surface area contributed by atoms with Gasteiger partial charge in [0.25, 0.3) is 0 Å². The molecule has 1 heterocycles. The highest BCUT2D eigenvalue weighted by atomic mass is 16.6. The molecule has 1 amide bonds. The molecule has 2 fully saturated rings. The van der Waals surface area contributed by atoms with Crippen LogP contribution in [0.5, 0.6) is 0 Å². The monoisotopic (exact) mass is 286 g/mol. The molecular weight excluding hydrogens is 268 g/mol. The van der Waals surface area contributed by atoms with Crippen molar-refractivity contribution >= 4 is 6.09 Å². The van der Waals surface area contributed by atoms with Crippen LogP contribution >= 0.6 is 0 Å². The molecule has 1 aliphatic carbocycles. The van der Waals surface area contributed by atoms with E-state index in [0.717, 1.165) is 25.1 Å². The quantitative estimate of drug-likeness (QED) is 0.473. The van der Waals surface area contributed by atoms with Gasteiger partial charge >= 0.3 is 6.09 Å². The molecule has 21 heavy (non-hydrogen) atoms. The van der Waals surface area contributed by atoms with Crippen LogP contribution in [0.15, 0.2) is 35.4 Å². The van der Waals surface area contributed by atoms with Gasteiger partial charge in [-0.2, -0.15) is 0 Å². The number of ether oxygens (including phenoxy) is 1. The Morgan fingerprint density at radius 3 is 2.71 bits per heavy atom. The zero-order chi connectivity index (χ0) is 14.7. The standard InChI is InChI=1S/C15H18N4O2/c16-18-17-7-6-12-13-8-19(9-14(12)13)15(20)21-10-11-4-2-1-3-5-11/h1-5,12-14H,6-10H2. The summed E-state index contributed by atoms with van der Waals surface area (Å²) in [5.41, 5.74) is 9.26. The minimum atomic E-state index is -0.222. The van der Waals surface area contributed by atoms with E-state index in [1.54, 1.807) is 4.90 Å². The summed E-state index contributed by atoms with van der Waals surface area (Å²) in [6, 6.07) is 9.70. The summed E-state index contributed by atoms with van der Waals surface area (Å²) in [6.45, 7) is 2.44. The summed E-state index contributed by atoms with van der Waals surface area (Å²) >= 11 is 0. The number of amides is 1. The van der Waals surface area contributed by atoms with E-state index in [2.05, 4.69) is 10.0 Å². The molecule has 0 spiro atoms. The zero-order valence-corrected chi connectivity index (χ0v) is 11.8. The highest BCUT2D eigenvalue weighted by molar-refractivity contribution is 5.68. The van der Waals surface area contributed by atoms with Crippen LogP contribution in [0.4, 0.5) is 4.79 Å². The van der Waals surface area contributed by atoms with E-state index in [0.29, 0.717) is 30.9 Å². The Hall–Kier alpha value is -2.20. The molecule has 1 saturated heterocycles. The van der Waals surface area contributed by atoms with Gasteiger partial charge in [0.15, 0.2) is 0 Å². The van der Waals surface area contributed by atoms with E-state index in [1.807, 2.05) is 30.3 Å². The first kappa shape index (κ1) is 13.8. The topological polar surface area (TPSA) is 78.3 Å². The molecule has 2 atom stereocenters. The highest BCUT2D eigenvalue weighted by Gasteiger charge is 2.56. The highest BCUT2D eigenvalue weighted by Crippen LogP contribution is 2.53. The third-order valence-corrected chi connectivity index (χ3v) is 4.46. The van der Waals surface area contributed by atoms with Crippen molar-refractivity contribution in [3.05, 3.63) is 46.3 Å².